The van der Waals surface area contributed by atoms with Crippen molar-refractivity contribution in [1.29, 1.82) is 0 Å². The van der Waals surface area contributed by atoms with Crippen LogP contribution in [0, 0.1) is 5.92 Å². The van der Waals surface area contributed by atoms with Crippen LogP contribution in [0.1, 0.15) is 12.5 Å². The van der Waals surface area contributed by atoms with Crippen molar-refractivity contribution in [3.8, 4) is 0 Å². The Bertz CT molecular complexity index is 880. The van der Waals surface area contributed by atoms with Crippen molar-refractivity contribution in [3.05, 3.63) is 60.2 Å². The number of benzene rings is 2. The average molecular weight is 350 g/mol. The molecule has 6 heteroatoms. The van der Waals surface area contributed by atoms with Crippen LogP contribution < -0.4 is 9.80 Å². The van der Waals surface area contributed by atoms with Gasteiger partial charge in [-0.3, -0.25) is 14.5 Å². The number of imide groups is 1. The molecule has 26 heavy (non-hydrogen) atoms. The van der Waals surface area contributed by atoms with E-state index in [2.05, 4.69) is 0 Å². The average Bonchev–Trinajstić information content (AvgIpc) is 2.91. The summed E-state index contributed by atoms with van der Waals surface area (Å²) in [5, 5.41) is 0. The number of fused-ring (bicyclic) bond motifs is 2. The lowest BCUT2D eigenvalue weighted by molar-refractivity contribution is -0.122. The Morgan fingerprint density at radius 2 is 1.73 bits per heavy atom. The van der Waals surface area contributed by atoms with Gasteiger partial charge in [0.15, 0.2) is 0 Å². The minimum atomic E-state index is -0.878. The molecule has 4 rings (SSSR count). The number of hydrogen-bond acceptors (Lipinski definition) is 4. The van der Waals surface area contributed by atoms with E-state index in [4.69, 9.17) is 4.74 Å². The highest BCUT2D eigenvalue weighted by Gasteiger charge is 2.55. The van der Waals surface area contributed by atoms with Gasteiger partial charge >= 0.3 is 6.09 Å². The first-order chi connectivity index (χ1) is 12.6. The number of ether oxygens (including phenoxy) is 1. The Hall–Kier alpha value is -3.15. The van der Waals surface area contributed by atoms with Crippen LogP contribution in [0.4, 0.5) is 16.2 Å². The van der Waals surface area contributed by atoms with Crippen molar-refractivity contribution in [2.45, 2.75) is 19.4 Å². The molecule has 1 fully saturated rings. The molecule has 2 heterocycles. The van der Waals surface area contributed by atoms with Gasteiger partial charge in [-0.15, -0.1) is 0 Å². The molecule has 2 aliphatic rings. The molecule has 6 nitrogen and oxygen atoms in total. The van der Waals surface area contributed by atoms with Gasteiger partial charge in [0.1, 0.15) is 6.04 Å². The molecular weight excluding hydrogens is 332 g/mol. The molecule has 3 amide bonds. The van der Waals surface area contributed by atoms with Crippen LogP contribution in [0.5, 0.6) is 0 Å². The van der Waals surface area contributed by atoms with Crippen LogP contribution in [0.15, 0.2) is 54.6 Å². The van der Waals surface area contributed by atoms with Crippen LogP contribution in [0.25, 0.3) is 0 Å². The fraction of sp³-hybridized carbons (Fsp3) is 0.250. The van der Waals surface area contributed by atoms with Crippen molar-refractivity contribution in [3.63, 3.8) is 0 Å². The first-order valence-electron chi connectivity index (χ1n) is 8.60. The van der Waals surface area contributed by atoms with Gasteiger partial charge in [0.25, 0.3) is 5.91 Å². The second-order valence-electron chi connectivity index (χ2n) is 6.30. The second kappa shape index (κ2) is 6.29. The highest BCUT2D eigenvalue weighted by atomic mass is 16.6. The normalized spacial score (nSPS) is 21.4. The molecule has 0 aliphatic carbocycles. The highest BCUT2D eigenvalue weighted by Crippen LogP contribution is 2.40. The van der Waals surface area contributed by atoms with Crippen LogP contribution in [0.3, 0.4) is 0 Å². The first kappa shape index (κ1) is 16.3. The number of anilines is 2. The number of rotatable bonds is 2. The van der Waals surface area contributed by atoms with E-state index in [1.54, 1.807) is 37.3 Å². The smallest absolute Gasteiger partial charge is 0.415 e. The third-order valence-corrected chi connectivity index (χ3v) is 4.84. The summed E-state index contributed by atoms with van der Waals surface area (Å²) >= 11 is 0. The van der Waals surface area contributed by atoms with Crippen molar-refractivity contribution in [2.75, 3.05) is 16.4 Å². The van der Waals surface area contributed by atoms with Gasteiger partial charge in [-0.25, -0.2) is 9.69 Å². The fourth-order valence-electron chi connectivity index (χ4n) is 3.74. The standard InChI is InChI=1S/C20H18N2O4/c1-2-26-20(25)22-16-11-7-6-8-13(16)12-15-17(22)19(24)21(18(15)23)14-9-4-3-5-10-14/h3-11,15,17H,2,12H2,1H3/t15-,17+/m1/s1. The van der Waals surface area contributed by atoms with Gasteiger partial charge in [-0.05, 0) is 37.1 Å². The lowest BCUT2D eigenvalue weighted by Gasteiger charge is -2.35. The summed E-state index contributed by atoms with van der Waals surface area (Å²) in [6.45, 7) is 1.91. The van der Waals surface area contributed by atoms with Crippen LogP contribution in [0.2, 0.25) is 0 Å². The lowest BCUT2D eigenvalue weighted by atomic mass is 9.87. The van der Waals surface area contributed by atoms with E-state index in [0.717, 1.165) is 5.56 Å². The van der Waals surface area contributed by atoms with E-state index in [1.807, 2.05) is 24.3 Å². The molecule has 2 aromatic carbocycles. The molecule has 0 bridgehead atoms. The molecule has 0 saturated carbocycles. The Labute approximate surface area is 151 Å². The maximum Gasteiger partial charge on any atom is 0.415 e. The van der Waals surface area contributed by atoms with E-state index in [0.29, 0.717) is 17.8 Å². The maximum atomic E-state index is 13.1. The minimum Gasteiger partial charge on any atom is -0.449 e. The summed E-state index contributed by atoms with van der Waals surface area (Å²) in [7, 11) is 0. The molecule has 1 saturated heterocycles. The molecular formula is C20H18N2O4. The van der Waals surface area contributed by atoms with Crippen LogP contribution >= 0.6 is 0 Å². The van der Waals surface area contributed by atoms with Gasteiger partial charge < -0.3 is 4.74 Å². The number of carbonyl (C=O) groups is 3. The highest BCUT2D eigenvalue weighted by molar-refractivity contribution is 6.26. The predicted molar refractivity (Wildman–Crippen MR) is 95.9 cm³/mol. The molecule has 0 radical (unpaired) electrons. The summed E-state index contributed by atoms with van der Waals surface area (Å²) in [5.41, 5.74) is 2.01. The Kier molecular flexibility index (Phi) is 3.95. The van der Waals surface area contributed by atoms with Crippen molar-refractivity contribution < 1.29 is 19.1 Å². The van der Waals surface area contributed by atoms with E-state index >= 15 is 0 Å². The molecule has 2 atom stereocenters. The van der Waals surface area contributed by atoms with Crippen LogP contribution in [-0.2, 0) is 20.7 Å². The lowest BCUT2D eigenvalue weighted by Crippen LogP contribution is -2.51. The fourth-order valence-corrected chi connectivity index (χ4v) is 3.74. The molecule has 0 spiro atoms. The summed E-state index contributed by atoms with van der Waals surface area (Å²) in [6, 6.07) is 15.3. The van der Waals surface area contributed by atoms with Gasteiger partial charge in [0.2, 0.25) is 5.91 Å². The van der Waals surface area contributed by atoms with Gasteiger partial charge in [-0.1, -0.05) is 36.4 Å². The number of para-hydroxylation sites is 2. The molecule has 2 aliphatic heterocycles. The van der Waals surface area contributed by atoms with Crippen molar-refractivity contribution in [1.82, 2.24) is 0 Å². The second-order valence-corrected chi connectivity index (χ2v) is 6.30. The van der Waals surface area contributed by atoms with E-state index in [1.165, 1.54) is 9.80 Å². The number of carbonyl (C=O) groups excluding carboxylic acids is 3. The Balaban J connectivity index is 1.81. The van der Waals surface area contributed by atoms with Crippen LogP contribution in [-0.4, -0.2) is 30.6 Å². The maximum absolute atomic E-state index is 13.1. The van der Waals surface area contributed by atoms with E-state index in [9.17, 15) is 14.4 Å². The topological polar surface area (TPSA) is 66.9 Å². The van der Waals surface area contributed by atoms with E-state index in [-0.39, 0.29) is 12.5 Å². The summed E-state index contributed by atoms with van der Waals surface area (Å²) in [5.74, 6) is -1.29. The Morgan fingerprint density at radius 1 is 1.04 bits per heavy atom. The zero-order chi connectivity index (χ0) is 18.3. The van der Waals surface area contributed by atoms with Gasteiger partial charge in [0.05, 0.1) is 23.9 Å². The quantitative estimate of drug-likeness (QED) is 0.781. The predicted octanol–water partition coefficient (Wildman–Crippen LogP) is 2.76. The molecule has 0 unspecified atom stereocenters. The third kappa shape index (κ3) is 2.37. The van der Waals surface area contributed by atoms with E-state index < -0.39 is 24.0 Å². The molecule has 2 aromatic rings. The third-order valence-electron chi connectivity index (χ3n) is 4.84. The zero-order valence-corrected chi connectivity index (χ0v) is 14.3. The largest absolute Gasteiger partial charge is 0.449 e. The molecule has 0 aromatic heterocycles. The number of hydrogen-bond donors (Lipinski definition) is 0. The number of amides is 3. The SMILES string of the molecule is CCOC(=O)N1c2ccccc2C[C@H]2C(=O)N(c3ccccc3)C(=O)[C@H]21. The van der Waals surface area contributed by atoms with Crippen molar-refractivity contribution >= 4 is 29.3 Å². The van der Waals surface area contributed by atoms with Gasteiger partial charge in [0, 0.05) is 0 Å². The zero-order valence-electron chi connectivity index (χ0n) is 14.3. The first-order valence-corrected chi connectivity index (χ1v) is 8.60. The van der Waals surface area contributed by atoms with Gasteiger partial charge in [-0.2, -0.15) is 0 Å². The van der Waals surface area contributed by atoms with Crippen molar-refractivity contribution in [2.24, 2.45) is 5.92 Å². The monoisotopic (exact) mass is 350 g/mol. The summed E-state index contributed by atoms with van der Waals surface area (Å²) in [6.07, 6.45) is -0.185. The number of nitrogens with zero attached hydrogens (tertiary/aromatic N) is 2. The summed E-state index contributed by atoms with van der Waals surface area (Å²) in [4.78, 5) is 41.3. The molecule has 132 valence electrons. The molecule has 0 N–H and O–H groups in total. The summed E-state index contributed by atoms with van der Waals surface area (Å²) < 4.78 is 5.18. The minimum absolute atomic E-state index is 0.194. The Morgan fingerprint density at radius 3 is 2.46 bits per heavy atom.